The van der Waals surface area contributed by atoms with Crippen molar-refractivity contribution in [3.05, 3.63) is 0 Å². The van der Waals surface area contributed by atoms with E-state index in [1.54, 1.807) is 25.7 Å². The molecule has 0 aliphatic heterocycles. The van der Waals surface area contributed by atoms with Crippen molar-refractivity contribution in [2.24, 2.45) is 0 Å². The van der Waals surface area contributed by atoms with Gasteiger partial charge in [-0.3, -0.25) is 0 Å². The van der Waals surface area contributed by atoms with E-state index in [9.17, 15) is 0 Å². The molecular formula is C8H16Sn. The van der Waals surface area contributed by atoms with Crippen LogP contribution in [0, 0.1) is 0 Å². The molecule has 9 heavy (non-hydrogen) atoms. The Morgan fingerprint density at radius 3 is 2.00 bits per heavy atom. The van der Waals surface area contributed by atoms with E-state index >= 15 is 0 Å². The molecular weight excluding hydrogens is 215 g/mol. The van der Waals surface area contributed by atoms with Crippen LogP contribution in [0.5, 0.6) is 0 Å². The third-order valence-corrected chi connectivity index (χ3v) is 6.24. The second-order valence-corrected chi connectivity index (χ2v) is 6.96. The first-order chi connectivity index (χ1) is 4.43. The van der Waals surface area contributed by atoms with Crippen LogP contribution in [0.2, 0.25) is 8.87 Å². The van der Waals surface area contributed by atoms with Crippen LogP contribution < -0.4 is 0 Å². The van der Waals surface area contributed by atoms with Crippen LogP contribution in [0.3, 0.4) is 0 Å². The second-order valence-electron chi connectivity index (χ2n) is 2.98. The summed E-state index contributed by atoms with van der Waals surface area (Å²) >= 11 is 0.106. The molecule has 0 nitrogen and oxygen atoms in total. The van der Waals surface area contributed by atoms with Crippen molar-refractivity contribution in [3.8, 4) is 0 Å². The predicted molar refractivity (Wildman–Crippen MR) is 43.1 cm³/mol. The maximum absolute atomic E-state index is 2.50. The molecule has 0 bridgehead atoms. The van der Waals surface area contributed by atoms with Crippen molar-refractivity contribution in [1.82, 2.24) is 0 Å². The van der Waals surface area contributed by atoms with Gasteiger partial charge < -0.3 is 0 Å². The molecule has 1 aliphatic rings. The monoisotopic (exact) mass is 232 g/mol. The van der Waals surface area contributed by atoms with Crippen LogP contribution in [-0.4, -0.2) is 21.1 Å². The molecule has 1 fully saturated rings. The topological polar surface area (TPSA) is 0 Å². The second kappa shape index (κ2) is 4.59. The Balaban J connectivity index is 2.18. The van der Waals surface area contributed by atoms with E-state index in [0.29, 0.717) is 0 Å². The van der Waals surface area contributed by atoms with Crippen molar-refractivity contribution in [2.75, 3.05) is 0 Å². The average Bonchev–Trinajstić information content (AvgIpc) is 2.13. The molecule has 1 rings (SSSR count). The van der Waals surface area contributed by atoms with Gasteiger partial charge in [-0.15, -0.1) is 0 Å². The summed E-state index contributed by atoms with van der Waals surface area (Å²) in [6, 6.07) is 0. The summed E-state index contributed by atoms with van der Waals surface area (Å²) in [5.74, 6) is 0. The van der Waals surface area contributed by atoms with Crippen molar-refractivity contribution < 1.29 is 0 Å². The minimum absolute atomic E-state index is 0.106. The van der Waals surface area contributed by atoms with E-state index in [2.05, 4.69) is 4.94 Å². The summed E-state index contributed by atoms with van der Waals surface area (Å²) in [7, 11) is 0. The van der Waals surface area contributed by atoms with Gasteiger partial charge in [-0.25, -0.2) is 0 Å². The van der Waals surface area contributed by atoms with E-state index < -0.39 is 0 Å². The first-order valence-electron chi connectivity index (χ1n) is 4.11. The number of hydrogen-bond donors (Lipinski definition) is 0. The van der Waals surface area contributed by atoms with Crippen molar-refractivity contribution >= 4 is 21.1 Å². The molecule has 1 heteroatoms. The quantitative estimate of drug-likeness (QED) is 0.480. The van der Waals surface area contributed by atoms with Crippen molar-refractivity contribution in [2.45, 2.75) is 47.4 Å². The molecule has 0 atom stereocenters. The van der Waals surface area contributed by atoms with Gasteiger partial charge in [0.25, 0.3) is 0 Å². The van der Waals surface area contributed by atoms with E-state index in [0.717, 1.165) is 0 Å². The maximum atomic E-state index is 2.50. The van der Waals surface area contributed by atoms with Crippen molar-refractivity contribution in [1.29, 1.82) is 0 Å². The summed E-state index contributed by atoms with van der Waals surface area (Å²) in [6.45, 7) is 0. The van der Waals surface area contributed by atoms with Gasteiger partial charge in [-0.1, -0.05) is 0 Å². The van der Waals surface area contributed by atoms with Crippen LogP contribution in [0.1, 0.15) is 38.5 Å². The van der Waals surface area contributed by atoms with Crippen molar-refractivity contribution in [3.63, 3.8) is 0 Å². The Morgan fingerprint density at radius 1 is 1.00 bits per heavy atom. The predicted octanol–water partition coefficient (Wildman–Crippen LogP) is 2.88. The SMILES string of the molecule is [CH3][Sn][CH]1CCCCCC1. The van der Waals surface area contributed by atoms with Crippen LogP contribution >= 0.6 is 0 Å². The fourth-order valence-corrected chi connectivity index (χ4v) is 4.38. The summed E-state index contributed by atoms with van der Waals surface area (Å²) in [5.41, 5.74) is 0. The normalized spacial score (nSPS) is 23.7. The Bertz CT molecular complexity index is 63.0. The van der Waals surface area contributed by atoms with Gasteiger partial charge in [0.05, 0.1) is 0 Å². The summed E-state index contributed by atoms with van der Waals surface area (Å²) in [6.07, 6.45) is 9.30. The molecule has 0 aromatic heterocycles. The first-order valence-corrected chi connectivity index (χ1v) is 8.61. The third-order valence-electron chi connectivity index (χ3n) is 2.26. The van der Waals surface area contributed by atoms with Gasteiger partial charge >= 0.3 is 68.5 Å². The first kappa shape index (κ1) is 7.90. The fraction of sp³-hybridized carbons (Fsp3) is 1.00. The zero-order chi connectivity index (χ0) is 6.53. The van der Waals surface area contributed by atoms with Gasteiger partial charge in [0.15, 0.2) is 0 Å². The molecule has 52 valence electrons. The number of hydrogen-bond acceptors (Lipinski definition) is 0. The van der Waals surface area contributed by atoms with E-state index in [1.165, 1.54) is 16.8 Å². The van der Waals surface area contributed by atoms with Crippen LogP contribution in [0.25, 0.3) is 0 Å². The van der Waals surface area contributed by atoms with E-state index in [-0.39, 0.29) is 21.1 Å². The van der Waals surface area contributed by atoms with E-state index in [1.807, 2.05) is 0 Å². The molecule has 0 saturated heterocycles. The van der Waals surface area contributed by atoms with Gasteiger partial charge in [-0.2, -0.15) is 0 Å². The third kappa shape index (κ3) is 2.92. The molecule has 2 radical (unpaired) electrons. The molecule has 0 amide bonds. The molecule has 0 aromatic rings. The van der Waals surface area contributed by atoms with Gasteiger partial charge in [0.2, 0.25) is 0 Å². The fourth-order valence-electron chi connectivity index (χ4n) is 1.57. The molecule has 0 aromatic carbocycles. The van der Waals surface area contributed by atoms with Gasteiger partial charge in [0, 0.05) is 0 Å². The summed E-state index contributed by atoms with van der Waals surface area (Å²) in [5, 5.41) is 0. The molecule has 0 spiro atoms. The van der Waals surface area contributed by atoms with Gasteiger partial charge in [0.1, 0.15) is 0 Å². The summed E-state index contributed by atoms with van der Waals surface area (Å²) < 4.78 is 1.25. The standard InChI is InChI=1S/C7H13.CH3.Sn/c1-2-4-6-7-5-3-1;;/h1H,2-7H2;1H3;. The molecule has 0 unspecified atom stereocenters. The summed E-state index contributed by atoms with van der Waals surface area (Å²) in [4.78, 5) is 2.50. The van der Waals surface area contributed by atoms with Crippen LogP contribution in [-0.2, 0) is 0 Å². The molecule has 1 aliphatic carbocycles. The van der Waals surface area contributed by atoms with E-state index in [4.69, 9.17) is 0 Å². The van der Waals surface area contributed by atoms with Crippen LogP contribution in [0.4, 0.5) is 0 Å². The zero-order valence-corrected chi connectivity index (χ0v) is 9.17. The average molecular weight is 231 g/mol. The zero-order valence-electron chi connectivity index (χ0n) is 6.32. The number of rotatable bonds is 1. The molecule has 0 N–H and O–H groups in total. The Kier molecular flexibility index (Phi) is 4.03. The Labute approximate surface area is 68.6 Å². The Hall–Kier alpha value is 0.799. The van der Waals surface area contributed by atoms with Gasteiger partial charge in [-0.05, 0) is 0 Å². The minimum atomic E-state index is 0.106. The molecule has 0 heterocycles. The van der Waals surface area contributed by atoms with Crippen LogP contribution in [0.15, 0.2) is 0 Å². The Morgan fingerprint density at radius 2 is 1.56 bits per heavy atom. The molecule has 1 saturated carbocycles.